The molecule has 0 aromatic carbocycles. The van der Waals surface area contributed by atoms with Crippen LogP contribution in [-0.4, -0.2) is 37.3 Å². The molecule has 0 aromatic rings. The summed E-state index contributed by atoms with van der Waals surface area (Å²) in [4.78, 5) is 16.5. The fourth-order valence-corrected chi connectivity index (χ4v) is 1.40. The van der Waals surface area contributed by atoms with Crippen LogP contribution in [0.4, 0.5) is 0 Å². The Morgan fingerprint density at radius 2 is 2.00 bits per heavy atom. The van der Waals surface area contributed by atoms with Gasteiger partial charge >= 0.3 is 0 Å². The molecule has 0 spiro atoms. The molecule has 0 aromatic heterocycles. The van der Waals surface area contributed by atoms with Gasteiger partial charge in [0, 0.05) is 0 Å². The Morgan fingerprint density at radius 3 is 2.56 bits per heavy atom. The van der Waals surface area contributed by atoms with Crippen molar-refractivity contribution in [3.05, 3.63) is 0 Å². The lowest BCUT2D eigenvalue weighted by Gasteiger charge is -2.23. The molecular formula is C11H22N2O3. The molecule has 0 unspecified atom stereocenters. The first kappa shape index (κ1) is 13.4. The van der Waals surface area contributed by atoms with Gasteiger partial charge in [0.1, 0.15) is 6.61 Å². The molecule has 1 saturated heterocycles. The summed E-state index contributed by atoms with van der Waals surface area (Å²) in [6, 6.07) is 0. The van der Waals surface area contributed by atoms with E-state index in [0.717, 1.165) is 25.9 Å². The van der Waals surface area contributed by atoms with Gasteiger partial charge in [-0.1, -0.05) is 0 Å². The first-order valence-electron chi connectivity index (χ1n) is 5.76. The van der Waals surface area contributed by atoms with Crippen LogP contribution in [0.1, 0.15) is 33.6 Å². The highest BCUT2D eigenvalue weighted by Gasteiger charge is 2.16. The van der Waals surface area contributed by atoms with Crippen LogP contribution in [0.25, 0.3) is 0 Å². The summed E-state index contributed by atoms with van der Waals surface area (Å²) >= 11 is 0. The van der Waals surface area contributed by atoms with Crippen molar-refractivity contribution in [3.63, 3.8) is 0 Å². The number of nitrogens with one attached hydrogen (secondary N) is 2. The van der Waals surface area contributed by atoms with Gasteiger partial charge in [0.15, 0.2) is 0 Å². The molecule has 0 aliphatic carbocycles. The minimum Gasteiger partial charge on any atom is -0.368 e. The Balaban J connectivity index is 2.09. The van der Waals surface area contributed by atoms with Crippen molar-refractivity contribution in [2.24, 2.45) is 0 Å². The first-order chi connectivity index (χ1) is 7.47. The van der Waals surface area contributed by atoms with Gasteiger partial charge in [-0.15, -0.1) is 0 Å². The van der Waals surface area contributed by atoms with Crippen molar-refractivity contribution in [2.45, 2.75) is 45.3 Å². The number of ether oxygens (including phenoxy) is 1. The summed E-state index contributed by atoms with van der Waals surface area (Å²) in [5.41, 5.74) is 2.01. The fourth-order valence-electron chi connectivity index (χ4n) is 1.40. The summed E-state index contributed by atoms with van der Waals surface area (Å²) in [7, 11) is 0. The topological polar surface area (TPSA) is 59.6 Å². The Hall–Kier alpha value is -0.650. The highest BCUT2D eigenvalue weighted by molar-refractivity contribution is 5.76. The average Bonchev–Trinajstić information content (AvgIpc) is 2.24. The number of amides is 1. The van der Waals surface area contributed by atoms with Crippen LogP contribution >= 0.6 is 0 Å². The molecule has 1 aliphatic rings. The van der Waals surface area contributed by atoms with E-state index in [1.54, 1.807) is 0 Å². The molecule has 1 aliphatic heterocycles. The highest BCUT2D eigenvalue weighted by atomic mass is 16.7. The van der Waals surface area contributed by atoms with E-state index in [4.69, 9.17) is 9.57 Å². The second-order valence-electron chi connectivity index (χ2n) is 5.00. The number of carbonyl (C=O) groups is 1. The summed E-state index contributed by atoms with van der Waals surface area (Å²) in [6.07, 6.45) is 2.13. The third-order valence-corrected chi connectivity index (χ3v) is 2.21. The second-order valence-corrected chi connectivity index (χ2v) is 5.00. The number of piperidine rings is 1. The van der Waals surface area contributed by atoms with Crippen molar-refractivity contribution < 1.29 is 14.4 Å². The van der Waals surface area contributed by atoms with E-state index in [-0.39, 0.29) is 24.2 Å². The summed E-state index contributed by atoms with van der Waals surface area (Å²) < 4.78 is 5.48. The number of hydrogen-bond acceptors (Lipinski definition) is 4. The molecular weight excluding hydrogens is 208 g/mol. The average molecular weight is 230 g/mol. The third kappa shape index (κ3) is 6.05. The van der Waals surface area contributed by atoms with Gasteiger partial charge in [-0.2, -0.15) is 0 Å². The standard InChI is InChI=1S/C11H22N2O3/c1-11(2,3)16-13-10(14)8-15-9-4-6-12-7-5-9/h9,12H,4-8H2,1-3H3,(H,13,14). The van der Waals surface area contributed by atoms with Crippen molar-refractivity contribution in [1.29, 1.82) is 0 Å². The summed E-state index contributed by atoms with van der Waals surface area (Å²) in [6.45, 7) is 7.62. The number of rotatable bonds is 4. The second kappa shape index (κ2) is 6.18. The molecule has 0 saturated carbocycles. The SMILES string of the molecule is CC(C)(C)ONC(=O)COC1CCNCC1. The number of hydrogen-bond donors (Lipinski definition) is 2. The van der Waals surface area contributed by atoms with E-state index in [1.165, 1.54) is 0 Å². The van der Waals surface area contributed by atoms with Gasteiger partial charge in [-0.05, 0) is 46.7 Å². The molecule has 0 atom stereocenters. The predicted octanol–water partition coefficient (Wildman–Crippen LogP) is 0.601. The van der Waals surface area contributed by atoms with Crippen LogP contribution in [-0.2, 0) is 14.4 Å². The number of carbonyl (C=O) groups excluding carboxylic acids is 1. The smallest absolute Gasteiger partial charge is 0.269 e. The maximum absolute atomic E-state index is 11.4. The minimum absolute atomic E-state index is 0.0702. The zero-order chi connectivity index (χ0) is 12.0. The van der Waals surface area contributed by atoms with Crippen molar-refractivity contribution >= 4 is 5.91 Å². The van der Waals surface area contributed by atoms with E-state index in [9.17, 15) is 4.79 Å². The minimum atomic E-state index is -0.371. The van der Waals surface area contributed by atoms with Crippen LogP contribution in [0.15, 0.2) is 0 Å². The van der Waals surface area contributed by atoms with E-state index in [0.29, 0.717) is 0 Å². The first-order valence-corrected chi connectivity index (χ1v) is 5.76. The lowest BCUT2D eigenvalue weighted by molar-refractivity contribution is -0.152. The lowest BCUT2D eigenvalue weighted by atomic mass is 10.1. The molecule has 94 valence electrons. The molecule has 5 heteroatoms. The fraction of sp³-hybridized carbons (Fsp3) is 0.909. The largest absolute Gasteiger partial charge is 0.368 e. The maximum atomic E-state index is 11.4. The van der Waals surface area contributed by atoms with E-state index in [1.807, 2.05) is 20.8 Å². The lowest BCUT2D eigenvalue weighted by Crippen LogP contribution is -2.38. The monoisotopic (exact) mass is 230 g/mol. The van der Waals surface area contributed by atoms with Crippen LogP contribution in [0.5, 0.6) is 0 Å². The molecule has 1 amide bonds. The maximum Gasteiger partial charge on any atom is 0.269 e. The van der Waals surface area contributed by atoms with E-state index >= 15 is 0 Å². The van der Waals surface area contributed by atoms with Gasteiger partial charge < -0.3 is 10.1 Å². The van der Waals surface area contributed by atoms with Gasteiger partial charge in [0.25, 0.3) is 5.91 Å². The predicted molar refractivity (Wildman–Crippen MR) is 60.8 cm³/mol. The molecule has 1 fully saturated rings. The van der Waals surface area contributed by atoms with Gasteiger partial charge in [-0.25, -0.2) is 5.48 Å². The summed E-state index contributed by atoms with van der Waals surface area (Å²) in [5, 5.41) is 3.24. The Kier molecular flexibility index (Phi) is 5.18. The third-order valence-electron chi connectivity index (χ3n) is 2.21. The highest BCUT2D eigenvalue weighted by Crippen LogP contribution is 2.07. The molecule has 5 nitrogen and oxygen atoms in total. The molecule has 16 heavy (non-hydrogen) atoms. The van der Waals surface area contributed by atoms with Gasteiger partial charge in [0.05, 0.1) is 11.7 Å². The quantitative estimate of drug-likeness (QED) is 0.694. The van der Waals surface area contributed by atoms with Gasteiger partial charge in [-0.3, -0.25) is 9.63 Å². The number of hydroxylamine groups is 1. The summed E-state index contributed by atoms with van der Waals surface area (Å²) in [5.74, 6) is -0.228. The van der Waals surface area contributed by atoms with Crippen molar-refractivity contribution in [3.8, 4) is 0 Å². The molecule has 0 bridgehead atoms. The molecule has 0 radical (unpaired) electrons. The van der Waals surface area contributed by atoms with Crippen LogP contribution in [0, 0.1) is 0 Å². The van der Waals surface area contributed by atoms with E-state index < -0.39 is 0 Å². The Morgan fingerprint density at radius 1 is 1.38 bits per heavy atom. The van der Waals surface area contributed by atoms with Crippen LogP contribution in [0.3, 0.4) is 0 Å². The molecule has 1 heterocycles. The Labute approximate surface area is 96.8 Å². The van der Waals surface area contributed by atoms with Crippen molar-refractivity contribution in [1.82, 2.24) is 10.8 Å². The van der Waals surface area contributed by atoms with E-state index in [2.05, 4.69) is 10.8 Å². The molecule has 2 N–H and O–H groups in total. The normalized spacial score (nSPS) is 18.4. The van der Waals surface area contributed by atoms with Gasteiger partial charge in [0.2, 0.25) is 0 Å². The Bertz CT molecular complexity index is 220. The molecule has 1 rings (SSSR count). The van der Waals surface area contributed by atoms with Crippen LogP contribution in [0.2, 0.25) is 0 Å². The van der Waals surface area contributed by atoms with Crippen LogP contribution < -0.4 is 10.8 Å². The van der Waals surface area contributed by atoms with Crippen molar-refractivity contribution in [2.75, 3.05) is 19.7 Å². The zero-order valence-corrected chi connectivity index (χ0v) is 10.3. The zero-order valence-electron chi connectivity index (χ0n) is 10.3.